The van der Waals surface area contributed by atoms with Gasteiger partial charge in [0.1, 0.15) is 5.54 Å². The topological polar surface area (TPSA) is 52.6 Å². The van der Waals surface area contributed by atoms with Gasteiger partial charge in [-0.1, -0.05) is 13.8 Å². The van der Waals surface area contributed by atoms with Crippen LogP contribution in [-0.4, -0.2) is 48.2 Å². The number of rotatable bonds is 5. The summed E-state index contributed by atoms with van der Waals surface area (Å²) in [6.07, 6.45) is 2.49. The summed E-state index contributed by atoms with van der Waals surface area (Å²) < 4.78 is 0. The molecule has 4 heteroatoms. The van der Waals surface area contributed by atoms with Crippen molar-refractivity contribution in [1.82, 2.24) is 10.2 Å². The molecule has 2 N–H and O–H groups in total. The number of likely N-dealkylation sites (tertiary alicyclic amines) is 1. The van der Waals surface area contributed by atoms with E-state index in [1.807, 2.05) is 0 Å². The lowest BCUT2D eigenvalue weighted by molar-refractivity contribution is -0.143. The van der Waals surface area contributed by atoms with Crippen LogP contribution in [0.2, 0.25) is 0 Å². The van der Waals surface area contributed by atoms with Crippen molar-refractivity contribution in [1.29, 1.82) is 0 Å². The maximum atomic E-state index is 11.1. The smallest absolute Gasteiger partial charge is 0.323 e. The number of carboxylic acids is 1. The molecule has 1 heterocycles. The zero-order valence-electron chi connectivity index (χ0n) is 12.4. The Morgan fingerprint density at radius 2 is 2.00 bits per heavy atom. The molecule has 18 heavy (non-hydrogen) atoms. The first-order valence-electron chi connectivity index (χ1n) is 6.82. The summed E-state index contributed by atoms with van der Waals surface area (Å²) in [5.41, 5.74) is -0.723. The molecule has 0 amide bonds. The SMILES string of the molecule is CN1CCCC(C(C)(C)CNC(C)(C)C(=O)O)C1. The van der Waals surface area contributed by atoms with Crippen LogP contribution in [0.15, 0.2) is 0 Å². The fourth-order valence-corrected chi connectivity index (χ4v) is 2.47. The molecule has 1 fully saturated rings. The summed E-state index contributed by atoms with van der Waals surface area (Å²) in [6.45, 7) is 11.0. The minimum absolute atomic E-state index is 0.126. The maximum absolute atomic E-state index is 11.1. The second-order valence-corrected chi connectivity index (χ2v) is 6.87. The Kier molecular flexibility index (Phi) is 4.78. The van der Waals surface area contributed by atoms with Crippen LogP contribution in [0.1, 0.15) is 40.5 Å². The minimum atomic E-state index is -0.849. The molecule has 1 unspecified atom stereocenters. The van der Waals surface area contributed by atoms with Crippen molar-refractivity contribution in [2.75, 3.05) is 26.7 Å². The summed E-state index contributed by atoms with van der Waals surface area (Å²) >= 11 is 0. The van der Waals surface area contributed by atoms with Crippen LogP contribution in [0.5, 0.6) is 0 Å². The first-order chi connectivity index (χ1) is 8.15. The van der Waals surface area contributed by atoms with Gasteiger partial charge >= 0.3 is 5.97 Å². The molecular weight excluding hydrogens is 228 g/mol. The van der Waals surface area contributed by atoms with Gasteiger partial charge in [-0.3, -0.25) is 4.79 Å². The van der Waals surface area contributed by atoms with Crippen molar-refractivity contribution in [3.8, 4) is 0 Å². The van der Waals surface area contributed by atoms with Gasteiger partial charge in [0.2, 0.25) is 0 Å². The van der Waals surface area contributed by atoms with Crippen molar-refractivity contribution >= 4 is 5.97 Å². The van der Waals surface area contributed by atoms with E-state index in [-0.39, 0.29) is 5.41 Å². The van der Waals surface area contributed by atoms with Gasteiger partial charge in [0.05, 0.1) is 0 Å². The number of nitrogens with zero attached hydrogens (tertiary/aromatic N) is 1. The van der Waals surface area contributed by atoms with E-state index in [0.29, 0.717) is 5.92 Å². The van der Waals surface area contributed by atoms with Gasteiger partial charge in [0.15, 0.2) is 0 Å². The fourth-order valence-electron chi connectivity index (χ4n) is 2.47. The lowest BCUT2D eigenvalue weighted by Gasteiger charge is -2.41. The highest BCUT2D eigenvalue weighted by atomic mass is 16.4. The fraction of sp³-hybridized carbons (Fsp3) is 0.929. The van der Waals surface area contributed by atoms with Crippen molar-refractivity contribution < 1.29 is 9.90 Å². The number of hydrogen-bond acceptors (Lipinski definition) is 3. The zero-order chi connectivity index (χ0) is 14.0. The molecule has 1 aliphatic heterocycles. The Balaban J connectivity index is 2.56. The number of carbonyl (C=O) groups is 1. The van der Waals surface area contributed by atoms with Crippen molar-refractivity contribution in [3.63, 3.8) is 0 Å². The van der Waals surface area contributed by atoms with E-state index in [4.69, 9.17) is 5.11 Å². The van der Waals surface area contributed by atoms with Gasteiger partial charge < -0.3 is 15.3 Å². The van der Waals surface area contributed by atoms with E-state index in [1.54, 1.807) is 13.8 Å². The van der Waals surface area contributed by atoms with Crippen LogP contribution in [0, 0.1) is 11.3 Å². The third kappa shape index (κ3) is 3.95. The van der Waals surface area contributed by atoms with Crippen molar-refractivity contribution in [3.05, 3.63) is 0 Å². The second kappa shape index (κ2) is 5.57. The van der Waals surface area contributed by atoms with Gasteiger partial charge in [0, 0.05) is 13.1 Å². The predicted octanol–water partition coefficient (Wildman–Crippen LogP) is 1.81. The molecule has 0 aromatic rings. The molecule has 0 spiro atoms. The van der Waals surface area contributed by atoms with Gasteiger partial charge in [-0.25, -0.2) is 0 Å². The zero-order valence-corrected chi connectivity index (χ0v) is 12.4. The van der Waals surface area contributed by atoms with E-state index in [9.17, 15) is 4.79 Å². The molecule has 1 atom stereocenters. The van der Waals surface area contributed by atoms with E-state index in [2.05, 4.69) is 31.1 Å². The second-order valence-electron chi connectivity index (χ2n) is 6.87. The Labute approximate surface area is 111 Å². The van der Waals surface area contributed by atoms with E-state index in [0.717, 1.165) is 13.1 Å². The summed E-state index contributed by atoms with van der Waals surface area (Å²) in [5, 5.41) is 12.3. The molecule has 1 rings (SSSR count). The number of hydrogen-bond donors (Lipinski definition) is 2. The summed E-state index contributed by atoms with van der Waals surface area (Å²) in [4.78, 5) is 13.5. The highest BCUT2D eigenvalue weighted by Gasteiger charge is 2.35. The van der Waals surface area contributed by atoms with Gasteiger partial charge in [-0.05, 0) is 51.6 Å². The molecule has 1 saturated heterocycles. The molecule has 0 aromatic carbocycles. The van der Waals surface area contributed by atoms with Gasteiger partial charge in [0.25, 0.3) is 0 Å². The Hall–Kier alpha value is -0.610. The van der Waals surface area contributed by atoms with Crippen LogP contribution in [-0.2, 0) is 4.79 Å². The normalized spacial score (nSPS) is 23.1. The molecule has 0 saturated carbocycles. The largest absolute Gasteiger partial charge is 0.480 e. The molecule has 4 nitrogen and oxygen atoms in total. The first-order valence-corrected chi connectivity index (χ1v) is 6.82. The van der Waals surface area contributed by atoms with Crippen LogP contribution < -0.4 is 5.32 Å². The monoisotopic (exact) mass is 256 g/mol. The Bertz CT molecular complexity index is 300. The van der Waals surface area contributed by atoms with E-state index in [1.165, 1.54) is 19.4 Å². The number of carboxylic acid groups (broad SMARTS) is 1. The van der Waals surface area contributed by atoms with E-state index >= 15 is 0 Å². The van der Waals surface area contributed by atoms with Crippen LogP contribution >= 0.6 is 0 Å². The number of piperidine rings is 1. The van der Waals surface area contributed by atoms with Crippen LogP contribution in [0.3, 0.4) is 0 Å². The van der Waals surface area contributed by atoms with Gasteiger partial charge in [-0.15, -0.1) is 0 Å². The third-order valence-corrected chi connectivity index (χ3v) is 4.25. The van der Waals surface area contributed by atoms with E-state index < -0.39 is 11.5 Å². The lowest BCUT2D eigenvalue weighted by atomic mass is 9.74. The predicted molar refractivity (Wildman–Crippen MR) is 73.7 cm³/mol. The Morgan fingerprint density at radius 1 is 1.39 bits per heavy atom. The standard InChI is InChI=1S/C14H28N2O2/c1-13(2,10-15-14(3,4)12(17)18)11-7-6-8-16(5)9-11/h11,15H,6-10H2,1-5H3,(H,17,18). The molecule has 1 aliphatic rings. The molecular formula is C14H28N2O2. The number of aliphatic carboxylic acids is 1. The summed E-state index contributed by atoms with van der Waals surface area (Å²) in [6, 6.07) is 0. The first kappa shape index (κ1) is 15.4. The highest BCUT2D eigenvalue weighted by Crippen LogP contribution is 2.33. The molecule has 0 aliphatic carbocycles. The van der Waals surface area contributed by atoms with Crippen molar-refractivity contribution in [2.24, 2.45) is 11.3 Å². The average molecular weight is 256 g/mol. The molecule has 0 aromatic heterocycles. The van der Waals surface area contributed by atoms with Crippen LogP contribution in [0.25, 0.3) is 0 Å². The quantitative estimate of drug-likeness (QED) is 0.787. The molecule has 0 bridgehead atoms. The number of nitrogens with one attached hydrogen (secondary N) is 1. The van der Waals surface area contributed by atoms with Crippen molar-refractivity contribution in [2.45, 2.75) is 46.1 Å². The molecule has 0 radical (unpaired) electrons. The highest BCUT2D eigenvalue weighted by molar-refractivity contribution is 5.77. The average Bonchev–Trinajstić information content (AvgIpc) is 2.26. The molecule has 106 valence electrons. The Morgan fingerprint density at radius 3 is 2.50 bits per heavy atom. The maximum Gasteiger partial charge on any atom is 0.323 e. The summed E-state index contributed by atoms with van der Waals surface area (Å²) in [5.74, 6) is -0.160. The van der Waals surface area contributed by atoms with Gasteiger partial charge in [-0.2, -0.15) is 0 Å². The third-order valence-electron chi connectivity index (χ3n) is 4.25. The lowest BCUT2D eigenvalue weighted by Crippen LogP contribution is -2.52. The minimum Gasteiger partial charge on any atom is -0.480 e. The van der Waals surface area contributed by atoms with Crippen LogP contribution in [0.4, 0.5) is 0 Å². The summed E-state index contributed by atoms with van der Waals surface area (Å²) in [7, 11) is 2.16.